The van der Waals surface area contributed by atoms with E-state index >= 15 is 0 Å². The van der Waals surface area contributed by atoms with Crippen LogP contribution in [0.5, 0.6) is 5.75 Å². The van der Waals surface area contributed by atoms with E-state index in [0.717, 1.165) is 6.07 Å². The molecule has 2 aromatic carbocycles. The average molecular weight is 448 g/mol. The Balaban J connectivity index is 1.62. The van der Waals surface area contributed by atoms with Crippen molar-refractivity contribution >= 4 is 21.6 Å². The van der Waals surface area contributed by atoms with E-state index in [9.17, 15) is 23.3 Å². The highest BCUT2D eigenvalue weighted by Crippen LogP contribution is 2.23. The third-order valence-electron chi connectivity index (χ3n) is 5.19. The van der Waals surface area contributed by atoms with Crippen molar-refractivity contribution in [2.75, 3.05) is 19.7 Å². The molecule has 0 radical (unpaired) electrons. The summed E-state index contributed by atoms with van der Waals surface area (Å²) in [7, 11) is -3.92. The molecule has 166 valence electrons. The summed E-state index contributed by atoms with van der Waals surface area (Å²) >= 11 is 0. The van der Waals surface area contributed by atoms with Gasteiger partial charge in [0, 0.05) is 36.8 Å². The lowest BCUT2D eigenvalue weighted by Crippen LogP contribution is -2.46. The number of sulfonamides is 1. The molecule has 0 saturated carbocycles. The Hall–Kier alpha value is -2.98. The molecule has 1 heterocycles. The molecule has 1 aliphatic rings. The number of nitrogens with one attached hydrogen (secondary N) is 1. The minimum absolute atomic E-state index is 0.102. The van der Waals surface area contributed by atoms with Crippen molar-refractivity contribution in [2.24, 2.45) is 0 Å². The molecular weight excluding hydrogens is 422 g/mol. The largest absolute Gasteiger partial charge is 0.494 e. The number of carbonyl (C=O) groups is 1. The van der Waals surface area contributed by atoms with Crippen LogP contribution < -0.4 is 9.46 Å². The monoisotopic (exact) mass is 447 g/mol. The third kappa shape index (κ3) is 5.39. The highest BCUT2D eigenvalue weighted by Gasteiger charge is 2.28. The number of hydrogen-bond acceptors (Lipinski definition) is 6. The van der Waals surface area contributed by atoms with E-state index in [1.54, 1.807) is 36.1 Å². The highest BCUT2D eigenvalue weighted by molar-refractivity contribution is 7.89. The number of piperidine rings is 1. The summed E-state index contributed by atoms with van der Waals surface area (Å²) in [5.41, 5.74) is 0.706. The van der Waals surface area contributed by atoms with Crippen LogP contribution >= 0.6 is 0 Å². The van der Waals surface area contributed by atoms with Crippen LogP contribution in [0.3, 0.4) is 0 Å². The Kier molecular flexibility index (Phi) is 6.91. The third-order valence-corrected chi connectivity index (χ3v) is 6.85. The van der Waals surface area contributed by atoms with Crippen LogP contribution in [0, 0.1) is 17.0 Å². The quantitative estimate of drug-likeness (QED) is 0.515. The number of nitro groups is 1. The number of non-ortho nitro benzene ring substituents is 1. The van der Waals surface area contributed by atoms with Crippen molar-refractivity contribution in [3.8, 4) is 5.75 Å². The van der Waals surface area contributed by atoms with Crippen LogP contribution in [0.25, 0.3) is 0 Å². The Morgan fingerprint density at radius 3 is 2.42 bits per heavy atom. The number of carbonyl (C=O) groups excluding carboxylic acids is 1. The molecule has 1 aliphatic heterocycles. The molecule has 0 aromatic heterocycles. The molecule has 0 atom stereocenters. The molecule has 31 heavy (non-hydrogen) atoms. The fourth-order valence-electron chi connectivity index (χ4n) is 3.52. The number of ether oxygens (including phenoxy) is 1. The van der Waals surface area contributed by atoms with Crippen molar-refractivity contribution in [1.29, 1.82) is 0 Å². The zero-order valence-corrected chi connectivity index (χ0v) is 18.2. The number of nitro benzene ring substituents is 1. The molecule has 0 unspecified atom stereocenters. The van der Waals surface area contributed by atoms with E-state index in [1.165, 1.54) is 12.1 Å². The molecule has 2 aromatic rings. The molecule has 1 saturated heterocycles. The fourth-order valence-corrected chi connectivity index (χ4v) is 5.09. The van der Waals surface area contributed by atoms with Gasteiger partial charge in [-0.2, -0.15) is 0 Å². The van der Waals surface area contributed by atoms with Gasteiger partial charge in [-0.3, -0.25) is 14.9 Å². The van der Waals surface area contributed by atoms with Crippen LogP contribution in [0.1, 0.15) is 35.7 Å². The summed E-state index contributed by atoms with van der Waals surface area (Å²) in [5, 5.41) is 11.0. The second kappa shape index (κ2) is 9.44. The first kappa shape index (κ1) is 22.7. The van der Waals surface area contributed by atoms with Crippen molar-refractivity contribution < 1.29 is 22.9 Å². The predicted molar refractivity (Wildman–Crippen MR) is 115 cm³/mol. The molecule has 3 rings (SSSR count). The number of aryl methyl sites for hydroxylation is 1. The predicted octanol–water partition coefficient (Wildman–Crippen LogP) is 2.89. The van der Waals surface area contributed by atoms with Gasteiger partial charge in [-0.15, -0.1) is 0 Å². The van der Waals surface area contributed by atoms with Gasteiger partial charge in [0.2, 0.25) is 10.0 Å². The SMILES string of the molecule is CCOc1ccc(C(=O)N2CCC(NS(=O)(=O)c3cc([N+](=O)[O-])ccc3C)CC2)cc1. The first-order valence-corrected chi connectivity index (χ1v) is 11.5. The Morgan fingerprint density at radius 1 is 1.19 bits per heavy atom. The number of nitrogens with zero attached hydrogens (tertiary/aromatic N) is 2. The first-order chi connectivity index (χ1) is 14.7. The summed E-state index contributed by atoms with van der Waals surface area (Å²) in [6.07, 6.45) is 0.909. The lowest BCUT2D eigenvalue weighted by atomic mass is 10.0. The first-order valence-electron chi connectivity index (χ1n) is 10.0. The van der Waals surface area contributed by atoms with Crippen molar-refractivity contribution in [1.82, 2.24) is 9.62 Å². The molecule has 1 amide bonds. The zero-order chi connectivity index (χ0) is 22.6. The van der Waals surface area contributed by atoms with E-state index in [2.05, 4.69) is 4.72 Å². The van der Waals surface area contributed by atoms with Crippen LogP contribution in [-0.4, -0.2) is 49.9 Å². The second-order valence-electron chi connectivity index (χ2n) is 7.35. The van der Waals surface area contributed by atoms with Crippen LogP contribution in [0.15, 0.2) is 47.4 Å². The van der Waals surface area contributed by atoms with Crippen molar-refractivity contribution in [3.63, 3.8) is 0 Å². The summed E-state index contributed by atoms with van der Waals surface area (Å²) in [6, 6.07) is 10.3. The van der Waals surface area contributed by atoms with Crippen molar-refractivity contribution in [3.05, 3.63) is 63.7 Å². The van der Waals surface area contributed by atoms with E-state index in [4.69, 9.17) is 4.74 Å². The number of hydrogen-bond donors (Lipinski definition) is 1. The molecule has 10 heteroatoms. The molecule has 0 aliphatic carbocycles. The smallest absolute Gasteiger partial charge is 0.270 e. The van der Waals surface area contributed by atoms with Gasteiger partial charge in [-0.25, -0.2) is 13.1 Å². The van der Waals surface area contributed by atoms with Gasteiger partial charge in [-0.05, 0) is 56.5 Å². The topological polar surface area (TPSA) is 119 Å². The average Bonchev–Trinajstić information content (AvgIpc) is 2.74. The number of likely N-dealkylation sites (tertiary alicyclic amines) is 1. The lowest BCUT2D eigenvalue weighted by Gasteiger charge is -2.32. The second-order valence-corrected chi connectivity index (χ2v) is 9.03. The van der Waals surface area contributed by atoms with Crippen LogP contribution in [0.4, 0.5) is 5.69 Å². The van der Waals surface area contributed by atoms with E-state index < -0.39 is 14.9 Å². The summed E-state index contributed by atoms with van der Waals surface area (Å²) in [5.74, 6) is 0.586. The molecule has 1 fully saturated rings. The van der Waals surface area contributed by atoms with Crippen molar-refractivity contribution in [2.45, 2.75) is 37.6 Å². The molecule has 0 bridgehead atoms. The summed E-state index contributed by atoms with van der Waals surface area (Å²) in [4.78, 5) is 24.7. The van der Waals surface area contributed by atoms with Crippen LogP contribution in [-0.2, 0) is 10.0 Å². The minimum Gasteiger partial charge on any atom is -0.494 e. The lowest BCUT2D eigenvalue weighted by molar-refractivity contribution is -0.385. The van der Waals surface area contributed by atoms with Gasteiger partial charge < -0.3 is 9.64 Å². The summed E-state index contributed by atoms with van der Waals surface area (Å²) in [6.45, 7) is 4.85. The molecule has 1 N–H and O–H groups in total. The number of benzene rings is 2. The van der Waals surface area contributed by atoms with E-state index in [0.29, 0.717) is 49.4 Å². The minimum atomic E-state index is -3.92. The highest BCUT2D eigenvalue weighted by atomic mass is 32.2. The fraction of sp³-hybridized carbons (Fsp3) is 0.381. The summed E-state index contributed by atoms with van der Waals surface area (Å²) < 4.78 is 33.6. The van der Waals surface area contributed by atoms with Gasteiger partial charge >= 0.3 is 0 Å². The van der Waals surface area contributed by atoms with Gasteiger partial charge in [-0.1, -0.05) is 6.07 Å². The van der Waals surface area contributed by atoms with Gasteiger partial charge in [0.15, 0.2) is 0 Å². The van der Waals surface area contributed by atoms with Gasteiger partial charge in [0.05, 0.1) is 16.4 Å². The Bertz CT molecular complexity index is 1060. The van der Waals surface area contributed by atoms with Gasteiger partial charge in [0.25, 0.3) is 11.6 Å². The maximum absolute atomic E-state index is 12.8. The normalized spacial score (nSPS) is 15.0. The molecule has 0 spiro atoms. The Labute approximate surface area is 181 Å². The van der Waals surface area contributed by atoms with E-state index in [1.807, 2.05) is 6.92 Å². The van der Waals surface area contributed by atoms with Gasteiger partial charge in [0.1, 0.15) is 5.75 Å². The zero-order valence-electron chi connectivity index (χ0n) is 17.4. The standard InChI is InChI=1S/C21H25N3O6S/c1-3-30-19-8-5-16(6-9-19)21(25)23-12-10-17(11-13-23)22-31(28,29)20-14-18(24(26)27)7-4-15(20)2/h4-9,14,17,22H,3,10-13H2,1-2H3. The maximum Gasteiger partial charge on any atom is 0.270 e. The van der Waals surface area contributed by atoms with E-state index in [-0.39, 0.29) is 22.5 Å². The maximum atomic E-state index is 12.8. The van der Waals surface area contributed by atoms with Crippen LogP contribution in [0.2, 0.25) is 0 Å². The molecule has 9 nitrogen and oxygen atoms in total. The Morgan fingerprint density at radius 2 is 1.84 bits per heavy atom. The molecular formula is C21H25N3O6S. The number of rotatable bonds is 7. The number of amides is 1.